The number of hydrogen-bond donors (Lipinski definition) is 0. The molecule has 1 rings (SSSR count). The van der Waals surface area contributed by atoms with Crippen molar-refractivity contribution in [1.82, 2.24) is 4.90 Å². The van der Waals surface area contributed by atoms with E-state index in [0.717, 1.165) is 11.2 Å². The summed E-state index contributed by atoms with van der Waals surface area (Å²) < 4.78 is 0. The molecule has 1 aliphatic rings. The predicted molar refractivity (Wildman–Crippen MR) is 30.8 cm³/mol. The number of carbonyl (C=O) groups is 2. The number of carbonyl (C=O) groups excluding carboxylic acids is 2. The van der Waals surface area contributed by atoms with Gasteiger partial charge in [-0.15, -0.1) is 4.90 Å². The Morgan fingerprint density at radius 2 is 1.90 bits per heavy atom. The van der Waals surface area contributed by atoms with E-state index in [1.165, 1.54) is 0 Å². The summed E-state index contributed by atoms with van der Waals surface area (Å²) in [6.45, 7) is 0. The largest absolute Gasteiger partial charge is 0.498 e. The van der Waals surface area contributed by atoms with E-state index in [1.807, 2.05) is 0 Å². The second kappa shape index (κ2) is 2.41. The maximum Gasteiger partial charge on any atom is 0.331 e. The minimum Gasteiger partial charge on any atom is -0.498 e. The molecule has 0 atom stereocenters. The Morgan fingerprint density at radius 1 is 1.40 bits per heavy atom. The second-order valence-corrected chi connectivity index (χ2v) is 1.89. The molecule has 0 aromatic rings. The van der Waals surface area contributed by atoms with E-state index in [9.17, 15) is 9.59 Å². The molecule has 5 nitrogen and oxygen atoms in total. The number of amides is 2. The maximum atomic E-state index is 10.7. The summed E-state index contributed by atoms with van der Waals surface area (Å²) in [4.78, 5) is 24.7. The molecule has 0 bridgehead atoms. The van der Waals surface area contributed by atoms with Gasteiger partial charge in [0, 0.05) is 0 Å². The molecule has 1 heterocycles. The highest BCUT2D eigenvalue weighted by Crippen LogP contribution is 2.07. The predicted octanol–water partition coefficient (Wildman–Crippen LogP) is -0.607. The lowest BCUT2D eigenvalue weighted by Crippen LogP contribution is -2.27. The summed E-state index contributed by atoms with van der Waals surface area (Å²) in [7, 11) is 0. The smallest absolute Gasteiger partial charge is 0.331 e. The molecule has 2 amide bonds. The first kappa shape index (κ1) is 6.64. The molecular weight excluding hydrogens is 134 g/mol. The number of imide groups is 1. The molecule has 1 fully saturated rings. The summed E-state index contributed by atoms with van der Waals surface area (Å²) in [6.07, 6.45) is 1.24. The van der Waals surface area contributed by atoms with Crippen LogP contribution >= 0.6 is 0 Å². The van der Waals surface area contributed by atoms with Gasteiger partial charge in [0.1, 0.15) is 0 Å². The first-order valence-corrected chi connectivity index (χ1v) is 2.78. The molecule has 52 valence electrons. The molecule has 0 aromatic carbocycles. The van der Waals surface area contributed by atoms with Crippen LogP contribution in [0, 0.1) is 0 Å². The fourth-order valence-electron chi connectivity index (χ4n) is 0.774. The lowest BCUT2D eigenvalue weighted by molar-refractivity contribution is -0.135. The zero-order valence-corrected chi connectivity index (χ0v) is 5.15. The van der Waals surface area contributed by atoms with Crippen molar-refractivity contribution in [3.8, 4) is 0 Å². The van der Waals surface area contributed by atoms with Crippen LogP contribution in [0.3, 0.4) is 0 Å². The number of rotatable bonds is 1. The van der Waals surface area contributed by atoms with Gasteiger partial charge in [0.15, 0.2) is 0 Å². The van der Waals surface area contributed by atoms with Crippen LogP contribution in [-0.4, -0.2) is 27.8 Å². The average molecular weight is 139 g/mol. The van der Waals surface area contributed by atoms with Crippen LogP contribution in [0.5, 0.6) is 0 Å². The third-order valence-electron chi connectivity index (χ3n) is 1.26. The Kier molecular flexibility index (Phi) is 1.60. The number of likely N-dealkylation sites (tertiary alicyclic amines) is 1. The monoisotopic (exact) mass is 139 g/mol. The quantitative estimate of drug-likeness (QED) is 0.160. The van der Waals surface area contributed by atoms with Crippen molar-refractivity contribution in [2.45, 2.75) is 12.8 Å². The minimum atomic E-state index is -0.317. The van der Waals surface area contributed by atoms with E-state index in [1.54, 1.807) is 0 Å². The van der Waals surface area contributed by atoms with Gasteiger partial charge in [-0.25, -0.2) is 9.59 Å². The van der Waals surface area contributed by atoms with Crippen molar-refractivity contribution in [2.24, 2.45) is 0 Å². The van der Waals surface area contributed by atoms with Crippen LogP contribution in [-0.2, 0) is 9.59 Å². The van der Waals surface area contributed by atoms with Crippen molar-refractivity contribution < 1.29 is 14.4 Å². The summed E-state index contributed by atoms with van der Waals surface area (Å²) in [5, 5.41) is 0. The first-order valence-electron chi connectivity index (χ1n) is 2.78. The van der Waals surface area contributed by atoms with Gasteiger partial charge in [0.05, 0.1) is 12.8 Å². The normalized spacial score (nSPS) is 17.4. The van der Waals surface area contributed by atoms with Crippen LogP contribution in [0.2, 0.25) is 0 Å². The summed E-state index contributed by atoms with van der Waals surface area (Å²) >= 11 is 0. The minimum absolute atomic E-state index is 0.213. The molecule has 0 aromatic heterocycles. The summed E-state index contributed by atoms with van der Waals surface area (Å²) in [5.41, 5.74) is 7.99. The lowest BCUT2D eigenvalue weighted by Gasteiger charge is -1.91. The molecule has 0 aliphatic carbocycles. The SMILES string of the molecule is [N-]=[N+]=CN1C(=O)CCC1=O. The molecule has 1 saturated heterocycles. The number of hydrogen-bond acceptors (Lipinski definition) is 2. The lowest BCUT2D eigenvalue weighted by atomic mass is 10.4. The second-order valence-electron chi connectivity index (χ2n) is 1.89. The maximum absolute atomic E-state index is 10.7. The Hall–Kier alpha value is -1.48. The van der Waals surface area contributed by atoms with Crippen molar-refractivity contribution in [1.29, 1.82) is 0 Å². The van der Waals surface area contributed by atoms with Gasteiger partial charge in [0.25, 0.3) is 0 Å². The van der Waals surface area contributed by atoms with Gasteiger partial charge in [-0.1, -0.05) is 0 Å². The van der Waals surface area contributed by atoms with E-state index < -0.39 is 0 Å². The van der Waals surface area contributed by atoms with Crippen molar-refractivity contribution in [2.75, 3.05) is 0 Å². The highest BCUT2D eigenvalue weighted by atomic mass is 16.2. The van der Waals surface area contributed by atoms with E-state index >= 15 is 0 Å². The van der Waals surface area contributed by atoms with Gasteiger partial charge >= 0.3 is 18.2 Å². The van der Waals surface area contributed by atoms with Crippen LogP contribution in [0.15, 0.2) is 0 Å². The van der Waals surface area contributed by atoms with Crippen LogP contribution < -0.4 is 0 Å². The molecule has 1 aliphatic heterocycles. The average Bonchev–Trinajstić information content (AvgIpc) is 2.20. The van der Waals surface area contributed by atoms with Crippen molar-refractivity contribution in [3.63, 3.8) is 0 Å². The van der Waals surface area contributed by atoms with Crippen LogP contribution in [0.1, 0.15) is 12.8 Å². The third kappa shape index (κ3) is 0.942. The number of nitrogens with zero attached hydrogens (tertiary/aromatic N) is 3. The van der Waals surface area contributed by atoms with Gasteiger partial charge < -0.3 is 10.3 Å². The molecular formula is C5H5N3O2. The van der Waals surface area contributed by atoms with Crippen molar-refractivity contribution >= 4 is 18.2 Å². The van der Waals surface area contributed by atoms with Crippen molar-refractivity contribution in [3.05, 3.63) is 5.53 Å². The Morgan fingerprint density at radius 3 is 2.30 bits per heavy atom. The Bertz CT molecular complexity index is 213. The zero-order chi connectivity index (χ0) is 7.56. The standard InChI is InChI=1S/C5H5N3O2/c6-7-3-8-4(9)1-2-5(8)10/h3H,1-2H2. The summed E-state index contributed by atoms with van der Waals surface area (Å²) in [5.74, 6) is -0.634. The van der Waals surface area contributed by atoms with E-state index in [-0.39, 0.29) is 24.7 Å². The summed E-state index contributed by atoms with van der Waals surface area (Å²) in [6, 6.07) is 0. The molecule has 5 heteroatoms. The molecule has 0 unspecified atom stereocenters. The van der Waals surface area contributed by atoms with Crippen LogP contribution in [0.4, 0.5) is 0 Å². The highest BCUT2D eigenvalue weighted by molar-refractivity contribution is 6.09. The Balaban J connectivity index is 2.81. The first-order chi connectivity index (χ1) is 4.75. The van der Waals surface area contributed by atoms with Crippen LogP contribution in [0.25, 0.3) is 5.53 Å². The van der Waals surface area contributed by atoms with E-state index in [2.05, 4.69) is 4.79 Å². The molecule has 0 N–H and O–H groups in total. The van der Waals surface area contributed by atoms with E-state index in [0.29, 0.717) is 0 Å². The topological polar surface area (TPSA) is 73.8 Å². The van der Waals surface area contributed by atoms with Gasteiger partial charge in [-0.2, -0.15) is 0 Å². The fourth-order valence-corrected chi connectivity index (χ4v) is 0.774. The van der Waals surface area contributed by atoms with Gasteiger partial charge in [0.2, 0.25) is 0 Å². The molecule has 0 saturated carbocycles. The molecule has 0 radical (unpaired) electrons. The zero-order valence-electron chi connectivity index (χ0n) is 5.15. The van der Waals surface area contributed by atoms with E-state index in [4.69, 9.17) is 5.53 Å². The fraction of sp³-hybridized carbons (Fsp3) is 0.400. The third-order valence-corrected chi connectivity index (χ3v) is 1.26. The van der Waals surface area contributed by atoms with Gasteiger partial charge in [-0.05, 0) is 0 Å². The van der Waals surface area contributed by atoms with Gasteiger partial charge in [-0.3, -0.25) is 0 Å². The highest BCUT2D eigenvalue weighted by Gasteiger charge is 2.34. The Labute approximate surface area is 56.9 Å². The molecule has 0 spiro atoms. The molecule has 10 heavy (non-hydrogen) atoms.